The third-order valence-corrected chi connectivity index (χ3v) is 5.57. The maximum Gasteiger partial charge on any atom is 0.259 e. The Morgan fingerprint density at radius 3 is 2.52 bits per heavy atom. The molecule has 3 heterocycles. The molecule has 0 radical (unpaired) electrons. The van der Waals surface area contributed by atoms with E-state index in [-0.39, 0.29) is 11.6 Å². The number of aryl methyl sites for hydroxylation is 3. The summed E-state index contributed by atoms with van der Waals surface area (Å²) in [6.07, 6.45) is 3.83. The molecule has 136 valence electrons. The van der Waals surface area contributed by atoms with Crippen LogP contribution in [0.25, 0.3) is 0 Å². The molecule has 8 nitrogen and oxygen atoms in total. The first-order valence-corrected chi connectivity index (χ1v) is 10.0. The van der Waals surface area contributed by atoms with E-state index in [1.165, 1.54) is 0 Å². The molecular formula is C16H24N6O2S. The fourth-order valence-electron chi connectivity index (χ4n) is 2.94. The Balaban J connectivity index is 1.75. The van der Waals surface area contributed by atoms with Crippen molar-refractivity contribution in [3.63, 3.8) is 0 Å². The van der Waals surface area contributed by atoms with E-state index in [0.29, 0.717) is 24.0 Å². The highest BCUT2D eigenvalue weighted by Gasteiger charge is 2.20. The number of hydrogen-bond donors (Lipinski definition) is 1. The van der Waals surface area contributed by atoms with Crippen molar-refractivity contribution in [2.24, 2.45) is 0 Å². The second-order valence-corrected chi connectivity index (χ2v) is 7.95. The maximum atomic E-state index is 12.5. The molecule has 1 aliphatic heterocycles. The lowest BCUT2D eigenvalue weighted by molar-refractivity contribution is 0.576. The quantitative estimate of drug-likeness (QED) is 0.833. The molecule has 25 heavy (non-hydrogen) atoms. The number of nitrogens with zero attached hydrogens (tertiary/aromatic N) is 5. The molecule has 0 spiro atoms. The van der Waals surface area contributed by atoms with Gasteiger partial charge in [-0.3, -0.25) is 0 Å². The largest absolute Gasteiger partial charge is 0.341 e. The second kappa shape index (κ2) is 7.09. The number of rotatable bonds is 6. The van der Waals surface area contributed by atoms with Crippen LogP contribution in [0.3, 0.4) is 0 Å². The predicted octanol–water partition coefficient (Wildman–Crippen LogP) is 1.39. The average Bonchev–Trinajstić information content (AvgIpc) is 3.22. The summed E-state index contributed by atoms with van der Waals surface area (Å²) in [4.78, 5) is 15.3. The Labute approximate surface area is 148 Å². The lowest BCUT2D eigenvalue weighted by Gasteiger charge is -2.16. The molecule has 0 unspecified atom stereocenters. The molecule has 3 rings (SSSR count). The second-order valence-electron chi connectivity index (χ2n) is 6.23. The van der Waals surface area contributed by atoms with E-state index in [9.17, 15) is 8.42 Å². The third kappa shape index (κ3) is 3.98. The number of aromatic nitrogens is 4. The van der Waals surface area contributed by atoms with Gasteiger partial charge in [0.15, 0.2) is 5.03 Å². The zero-order chi connectivity index (χ0) is 18.0. The molecule has 0 bridgehead atoms. The van der Waals surface area contributed by atoms with E-state index in [4.69, 9.17) is 0 Å². The number of imidazole rings is 1. The molecule has 0 amide bonds. The molecule has 1 fully saturated rings. The van der Waals surface area contributed by atoms with Gasteiger partial charge < -0.3 is 9.47 Å². The monoisotopic (exact) mass is 364 g/mol. The van der Waals surface area contributed by atoms with Crippen molar-refractivity contribution in [3.8, 4) is 0 Å². The Bertz CT molecular complexity index is 856. The minimum atomic E-state index is -3.67. The van der Waals surface area contributed by atoms with Gasteiger partial charge in [-0.05, 0) is 39.7 Å². The number of sulfonamides is 1. The van der Waals surface area contributed by atoms with Gasteiger partial charge >= 0.3 is 0 Å². The normalized spacial score (nSPS) is 15.1. The summed E-state index contributed by atoms with van der Waals surface area (Å²) in [7, 11) is -3.67. The van der Waals surface area contributed by atoms with Gasteiger partial charge in [-0.15, -0.1) is 0 Å². The van der Waals surface area contributed by atoms with Crippen molar-refractivity contribution in [2.45, 2.75) is 51.7 Å². The summed E-state index contributed by atoms with van der Waals surface area (Å²) in [5.74, 6) is 1.36. The van der Waals surface area contributed by atoms with Crippen molar-refractivity contribution in [2.75, 3.05) is 18.0 Å². The van der Waals surface area contributed by atoms with Crippen molar-refractivity contribution in [1.82, 2.24) is 24.2 Å². The van der Waals surface area contributed by atoms with Crippen LogP contribution in [0.2, 0.25) is 0 Å². The first-order valence-electron chi connectivity index (χ1n) is 8.52. The first-order chi connectivity index (χ1) is 11.9. The first kappa shape index (κ1) is 17.8. The lowest BCUT2D eigenvalue weighted by Crippen LogP contribution is -2.26. The van der Waals surface area contributed by atoms with Crippen LogP contribution in [0.5, 0.6) is 0 Å². The number of nitrogens with one attached hydrogen (secondary N) is 1. The molecule has 1 aliphatic rings. The zero-order valence-corrected chi connectivity index (χ0v) is 15.7. The molecule has 0 aliphatic carbocycles. The molecule has 0 saturated carbocycles. The Kier molecular flexibility index (Phi) is 5.05. The van der Waals surface area contributed by atoms with Crippen LogP contribution < -0.4 is 9.62 Å². The summed E-state index contributed by atoms with van der Waals surface area (Å²) in [6, 6.07) is 1.80. The predicted molar refractivity (Wildman–Crippen MR) is 94.9 cm³/mol. The topological polar surface area (TPSA) is 93.0 Å². The lowest BCUT2D eigenvalue weighted by atomic mass is 10.3. The summed E-state index contributed by atoms with van der Waals surface area (Å²) in [6.45, 7) is 8.32. The zero-order valence-electron chi connectivity index (χ0n) is 14.9. The van der Waals surface area contributed by atoms with Gasteiger partial charge in [0, 0.05) is 31.5 Å². The Hall–Kier alpha value is -2.00. The molecule has 0 aromatic carbocycles. The van der Waals surface area contributed by atoms with Crippen molar-refractivity contribution in [3.05, 3.63) is 29.5 Å². The van der Waals surface area contributed by atoms with Gasteiger partial charge in [0.05, 0.1) is 12.2 Å². The van der Waals surface area contributed by atoms with Crippen LogP contribution in [0.4, 0.5) is 5.95 Å². The van der Waals surface area contributed by atoms with Gasteiger partial charge in [0.2, 0.25) is 5.95 Å². The van der Waals surface area contributed by atoms with Gasteiger partial charge in [-0.25, -0.2) is 28.1 Å². The molecule has 0 atom stereocenters. The summed E-state index contributed by atoms with van der Waals surface area (Å²) < 4.78 is 29.3. The fourth-order valence-corrected chi connectivity index (χ4v) is 3.94. The minimum Gasteiger partial charge on any atom is -0.341 e. The third-order valence-electron chi connectivity index (χ3n) is 4.30. The van der Waals surface area contributed by atoms with Crippen LogP contribution in [-0.4, -0.2) is 41.0 Å². The number of hydrogen-bond acceptors (Lipinski definition) is 6. The summed E-state index contributed by atoms with van der Waals surface area (Å²) in [5, 5.41) is 0.0393. The van der Waals surface area contributed by atoms with Crippen LogP contribution >= 0.6 is 0 Å². The van der Waals surface area contributed by atoms with E-state index < -0.39 is 10.0 Å². The van der Waals surface area contributed by atoms with E-state index in [2.05, 4.69) is 24.6 Å². The molecule has 2 aromatic heterocycles. The minimum absolute atomic E-state index is 0.0393. The van der Waals surface area contributed by atoms with Crippen molar-refractivity contribution >= 4 is 16.0 Å². The van der Waals surface area contributed by atoms with Crippen LogP contribution in [0.15, 0.2) is 17.3 Å². The summed E-state index contributed by atoms with van der Waals surface area (Å²) in [5.41, 5.74) is 1.49. The van der Waals surface area contributed by atoms with Gasteiger partial charge in [-0.1, -0.05) is 0 Å². The van der Waals surface area contributed by atoms with Gasteiger partial charge in [-0.2, -0.15) is 0 Å². The van der Waals surface area contributed by atoms with E-state index in [1.54, 1.807) is 23.8 Å². The highest BCUT2D eigenvalue weighted by atomic mass is 32.2. The van der Waals surface area contributed by atoms with Crippen LogP contribution in [-0.2, 0) is 23.1 Å². The van der Waals surface area contributed by atoms with Crippen molar-refractivity contribution < 1.29 is 8.42 Å². The Morgan fingerprint density at radius 1 is 1.16 bits per heavy atom. The standard InChI is InChI=1S/C16H24N6O2S/c1-4-21-11-15(19-13(21)3)25(23,24)17-10-14-9-12(2)18-16(20-14)22-7-5-6-8-22/h9,11,17H,4-8,10H2,1-3H3. The summed E-state index contributed by atoms with van der Waals surface area (Å²) >= 11 is 0. The molecule has 1 N–H and O–H groups in total. The highest BCUT2D eigenvalue weighted by molar-refractivity contribution is 7.89. The molecule has 9 heteroatoms. The molecule has 1 saturated heterocycles. The molecular weight excluding hydrogens is 340 g/mol. The van der Waals surface area contributed by atoms with E-state index in [0.717, 1.165) is 31.6 Å². The van der Waals surface area contributed by atoms with Gasteiger partial charge in [0.1, 0.15) is 5.82 Å². The van der Waals surface area contributed by atoms with Gasteiger partial charge in [0.25, 0.3) is 10.0 Å². The fraction of sp³-hybridized carbons (Fsp3) is 0.562. The maximum absolute atomic E-state index is 12.5. The Morgan fingerprint density at radius 2 is 1.88 bits per heavy atom. The molecule has 2 aromatic rings. The smallest absolute Gasteiger partial charge is 0.259 e. The van der Waals surface area contributed by atoms with Crippen molar-refractivity contribution in [1.29, 1.82) is 0 Å². The average molecular weight is 364 g/mol. The number of anilines is 1. The SMILES string of the molecule is CCn1cc(S(=O)(=O)NCc2cc(C)nc(N3CCCC3)n2)nc1C. The van der Waals surface area contributed by atoms with Crippen LogP contribution in [0, 0.1) is 13.8 Å². The van der Waals surface area contributed by atoms with E-state index in [1.807, 2.05) is 13.8 Å². The van der Waals surface area contributed by atoms with Crippen LogP contribution in [0.1, 0.15) is 37.0 Å². The van der Waals surface area contributed by atoms with E-state index >= 15 is 0 Å². The highest BCUT2D eigenvalue weighted by Crippen LogP contribution is 2.17.